The van der Waals surface area contributed by atoms with E-state index in [0.717, 1.165) is 32.7 Å². The molecule has 0 amide bonds. The van der Waals surface area contributed by atoms with Gasteiger partial charge in [-0.05, 0) is 28.0 Å². The summed E-state index contributed by atoms with van der Waals surface area (Å²) in [6.07, 6.45) is 0. The Bertz CT molecular complexity index is 970. The second-order valence-corrected chi connectivity index (χ2v) is 5.00. The first-order valence-electron chi connectivity index (χ1n) is 6.68. The van der Waals surface area contributed by atoms with Crippen LogP contribution >= 0.6 is 0 Å². The summed E-state index contributed by atoms with van der Waals surface area (Å²) in [4.78, 5) is 12.9. The second kappa shape index (κ2) is 4.17. The predicted molar refractivity (Wildman–Crippen MR) is 84.3 cm³/mol. The quantitative estimate of drug-likeness (QED) is 0.454. The van der Waals surface area contributed by atoms with Crippen molar-refractivity contribution in [1.29, 1.82) is 0 Å². The lowest BCUT2D eigenvalue weighted by Gasteiger charge is -1.92. The summed E-state index contributed by atoms with van der Waals surface area (Å²) >= 11 is 0. The number of benzene rings is 1. The lowest BCUT2D eigenvalue weighted by atomic mass is 10.1. The highest BCUT2D eigenvalue weighted by atomic mass is 16.1. The number of hydrogen-bond donors (Lipinski definition) is 0. The zero-order valence-electron chi connectivity index (χ0n) is 10.8. The molecule has 94 valence electrons. The molecule has 0 saturated carbocycles. The molecule has 0 saturated heterocycles. The zero-order valence-corrected chi connectivity index (χ0v) is 10.8. The number of hydrogen-bond acceptors (Lipinski definition) is 1. The molecule has 4 rings (SSSR count). The third kappa shape index (κ3) is 1.53. The maximum Gasteiger partial charge on any atom is 0.194 e. The van der Waals surface area contributed by atoms with Crippen LogP contribution in [-0.4, -0.2) is 0 Å². The summed E-state index contributed by atoms with van der Waals surface area (Å²) in [5, 5.41) is 3.59. The van der Waals surface area contributed by atoms with Crippen LogP contribution in [0.15, 0.2) is 77.6 Å². The molecule has 0 aliphatic heterocycles. The molecule has 0 bridgehead atoms. The van der Waals surface area contributed by atoms with Gasteiger partial charge < -0.3 is 0 Å². The minimum absolute atomic E-state index is 0.113. The maximum absolute atomic E-state index is 12.9. The van der Waals surface area contributed by atoms with Crippen LogP contribution in [0, 0.1) is 0 Å². The van der Waals surface area contributed by atoms with Crippen LogP contribution in [0.4, 0.5) is 0 Å². The molecule has 2 aromatic carbocycles. The SMILES string of the molecule is O=c1c2ccccc2ccc2cc3cccccc-3c12. The van der Waals surface area contributed by atoms with Crippen LogP contribution in [-0.2, 0) is 0 Å². The highest BCUT2D eigenvalue weighted by molar-refractivity contribution is 6.05. The summed E-state index contributed by atoms with van der Waals surface area (Å²) in [6.45, 7) is 0. The van der Waals surface area contributed by atoms with Gasteiger partial charge >= 0.3 is 0 Å². The van der Waals surface area contributed by atoms with Gasteiger partial charge in [-0.25, -0.2) is 0 Å². The van der Waals surface area contributed by atoms with E-state index in [0.29, 0.717) is 0 Å². The average molecular weight is 256 g/mol. The van der Waals surface area contributed by atoms with E-state index in [1.807, 2.05) is 60.7 Å². The van der Waals surface area contributed by atoms with E-state index in [9.17, 15) is 4.79 Å². The Morgan fingerprint density at radius 3 is 2.35 bits per heavy atom. The molecule has 0 spiro atoms. The van der Waals surface area contributed by atoms with Gasteiger partial charge in [-0.2, -0.15) is 0 Å². The lowest BCUT2D eigenvalue weighted by Crippen LogP contribution is -1.97. The molecule has 2 aromatic rings. The maximum atomic E-state index is 12.9. The molecule has 0 aromatic heterocycles. The fourth-order valence-corrected chi connectivity index (χ4v) is 2.86. The van der Waals surface area contributed by atoms with Crippen molar-refractivity contribution in [3.8, 4) is 11.1 Å². The van der Waals surface area contributed by atoms with Crippen molar-refractivity contribution < 1.29 is 0 Å². The highest BCUT2D eigenvalue weighted by Gasteiger charge is 2.11. The van der Waals surface area contributed by atoms with Crippen molar-refractivity contribution in [1.82, 2.24) is 0 Å². The minimum atomic E-state index is 0.113. The summed E-state index contributed by atoms with van der Waals surface area (Å²) in [7, 11) is 0. The van der Waals surface area contributed by atoms with Gasteiger partial charge in [0.05, 0.1) is 0 Å². The van der Waals surface area contributed by atoms with Gasteiger partial charge in [0.15, 0.2) is 5.43 Å². The summed E-state index contributed by atoms with van der Waals surface area (Å²) in [5.41, 5.74) is 2.25. The van der Waals surface area contributed by atoms with Crippen molar-refractivity contribution in [3.05, 3.63) is 83.0 Å². The van der Waals surface area contributed by atoms with Crippen molar-refractivity contribution in [2.75, 3.05) is 0 Å². The van der Waals surface area contributed by atoms with E-state index in [2.05, 4.69) is 12.1 Å². The largest absolute Gasteiger partial charge is 0.289 e. The third-order valence-electron chi connectivity index (χ3n) is 3.82. The Labute approximate surface area is 116 Å². The normalized spacial score (nSPS) is 11.2. The van der Waals surface area contributed by atoms with Gasteiger partial charge in [0.2, 0.25) is 0 Å². The standard InChI is InChI=1S/C19H12O/c20-19-17-9-5-4-6-13(17)10-11-15-12-14-7-2-1-3-8-16(14)18(15)19/h1-12H. The monoisotopic (exact) mass is 256 g/mol. The first-order valence-corrected chi connectivity index (χ1v) is 6.68. The van der Waals surface area contributed by atoms with Crippen LogP contribution in [0.5, 0.6) is 0 Å². The van der Waals surface area contributed by atoms with Crippen LogP contribution in [0.25, 0.3) is 32.7 Å². The van der Waals surface area contributed by atoms with Gasteiger partial charge in [0.1, 0.15) is 0 Å². The second-order valence-electron chi connectivity index (χ2n) is 5.00. The molecule has 1 nitrogen and oxygen atoms in total. The van der Waals surface area contributed by atoms with Crippen molar-refractivity contribution in [2.45, 2.75) is 0 Å². The van der Waals surface area contributed by atoms with E-state index in [4.69, 9.17) is 0 Å². The molecule has 2 aliphatic rings. The molecular weight excluding hydrogens is 244 g/mol. The summed E-state index contributed by atoms with van der Waals surface area (Å²) in [6, 6.07) is 24.0. The molecule has 0 heterocycles. The minimum Gasteiger partial charge on any atom is -0.289 e. The Morgan fingerprint density at radius 2 is 1.40 bits per heavy atom. The van der Waals surface area contributed by atoms with Crippen LogP contribution in [0.1, 0.15) is 0 Å². The molecule has 1 heteroatoms. The summed E-state index contributed by atoms with van der Waals surface area (Å²) < 4.78 is 0. The highest BCUT2D eigenvalue weighted by Crippen LogP contribution is 2.31. The Balaban J connectivity index is 2.33. The van der Waals surface area contributed by atoms with E-state index >= 15 is 0 Å². The zero-order chi connectivity index (χ0) is 13.5. The molecule has 20 heavy (non-hydrogen) atoms. The lowest BCUT2D eigenvalue weighted by molar-refractivity contribution is 1.76. The van der Waals surface area contributed by atoms with Crippen LogP contribution in [0.3, 0.4) is 0 Å². The Hall–Kier alpha value is -2.67. The number of fused-ring (bicyclic) bond motifs is 4. The van der Waals surface area contributed by atoms with Gasteiger partial charge in [-0.15, -0.1) is 0 Å². The number of rotatable bonds is 0. The first-order chi connectivity index (χ1) is 9.84. The fourth-order valence-electron chi connectivity index (χ4n) is 2.86. The van der Waals surface area contributed by atoms with Crippen molar-refractivity contribution >= 4 is 21.5 Å². The first kappa shape index (κ1) is 11.2. The molecule has 2 aliphatic carbocycles. The van der Waals surface area contributed by atoms with Gasteiger partial charge in [0.25, 0.3) is 0 Å². The van der Waals surface area contributed by atoms with Gasteiger partial charge in [0, 0.05) is 10.8 Å². The predicted octanol–water partition coefficient (Wildman–Crippen LogP) is 4.46. The average Bonchev–Trinajstić information content (AvgIpc) is 2.62. The van der Waals surface area contributed by atoms with E-state index < -0.39 is 0 Å². The summed E-state index contributed by atoms with van der Waals surface area (Å²) in [5.74, 6) is 0. The Morgan fingerprint density at radius 1 is 0.650 bits per heavy atom. The molecule has 0 atom stereocenters. The van der Waals surface area contributed by atoms with Crippen LogP contribution in [0.2, 0.25) is 0 Å². The topological polar surface area (TPSA) is 17.1 Å². The smallest absolute Gasteiger partial charge is 0.194 e. The Kier molecular flexibility index (Phi) is 2.33. The molecule has 0 fully saturated rings. The van der Waals surface area contributed by atoms with Gasteiger partial charge in [-0.3, -0.25) is 4.79 Å². The molecule has 0 N–H and O–H groups in total. The molecular formula is C19H12O. The molecule has 0 radical (unpaired) electrons. The third-order valence-corrected chi connectivity index (χ3v) is 3.82. The van der Waals surface area contributed by atoms with Crippen molar-refractivity contribution in [2.24, 2.45) is 0 Å². The van der Waals surface area contributed by atoms with Gasteiger partial charge in [-0.1, -0.05) is 66.7 Å². The van der Waals surface area contributed by atoms with Crippen LogP contribution < -0.4 is 5.43 Å². The fraction of sp³-hybridized carbons (Fsp3) is 0. The molecule has 0 unspecified atom stereocenters. The van der Waals surface area contributed by atoms with E-state index in [1.54, 1.807) is 0 Å². The van der Waals surface area contributed by atoms with Crippen molar-refractivity contribution in [3.63, 3.8) is 0 Å². The van der Waals surface area contributed by atoms with E-state index in [1.165, 1.54) is 0 Å². The van der Waals surface area contributed by atoms with E-state index in [-0.39, 0.29) is 5.43 Å².